The molecule has 2 aromatic heterocycles. The number of hydrogen-bond donors (Lipinski definition) is 4. The Bertz CT molecular complexity index is 1590. The maximum Gasteiger partial charge on any atom is 0.271 e. The number of benzene rings is 2. The first kappa shape index (κ1) is 30.7. The third-order valence-corrected chi connectivity index (χ3v) is 7.97. The topological polar surface area (TPSA) is 167 Å². The Labute approximate surface area is 250 Å². The van der Waals surface area contributed by atoms with E-state index in [0.717, 1.165) is 29.5 Å². The van der Waals surface area contributed by atoms with E-state index in [1.165, 1.54) is 4.90 Å². The number of nitrogens with two attached hydrogens (primary N) is 2. The molecular weight excluding hydrogens is 556 g/mol. The zero-order valence-corrected chi connectivity index (χ0v) is 24.6. The van der Waals surface area contributed by atoms with E-state index in [9.17, 15) is 14.4 Å². The standard InChI is InChI=1S/C30H36N8O3.ClH/c1-37(2)30-33-16-22(17-34-30)21-5-3-4-19(12-21)13-26(27(32)39)38(29(41)20-8-6-18(15-31)7-9-20)23-10-11-24-25(14-23)35-36-28(24)40;/h3-5,10-12,14,16-18,20,26H,6-9,13,15,31H2,1-2H3,(H2,32,39)(H2,35,36,40);1H/t18-,20-,26-;/m0./s1. The van der Waals surface area contributed by atoms with Crippen LogP contribution in [0.25, 0.3) is 22.0 Å². The Kier molecular flexibility index (Phi) is 9.64. The van der Waals surface area contributed by atoms with Gasteiger partial charge in [0.1, 0.15) is 6.04 Å². The summed E-state index contributed by atoms with van der Waals surface area (Å²) < 4.78 is 0. The van der Waals surface area contributed by atoms with Crippen molar-refractivity contribution in [1.82, 2.24) is 20.2 Å². The number of nitrogens with zero attached hydrogens (tertiary/aromatic N) is 4. The number of primary amides is 1. The Balaban J connectivity index is 0.00000405. The largest absolute Gasteiger partial charge is 0.368 e. The molecule has 4 aromatic rings. The number of hydrogen-bond acceptors (Lipinski definition) is 7. The SMILES string of the molecule is CN(C)c1ncc(-c2cccc(C[C@@H](C(N)=O)N(c3ccc4c(=O)[nH][nH]c4c3)C(=O)[C@H]3CC[C@H](CN)CC3)c2)cn1.Cl. The zero-order chi connectivity index (χ0) is 29.1. The van der Waals surface area contributed by atoms with Gasteiger partial charge in [-0.2, -0.15) is 0 Å². The average molecular weight is 593 g/mol. The predicted octanol–water partition coefficient (Wildman–Crippen LogP) is 3.00. The normalized spacial score (nSPS) is 17.3. The van der Waals surface area contributed by atoms with E-state index in [4.69, 9.17) is 11.5 Å². The summed E-state index contributed by atoms with van der Waals surface area (Å²) in [4.78, 5) is 51.5. The van der Waals surface area contributed by atoms with Crippen LogP contribution in [0.15, 0.2) is 59.7 Å². The number of halogens is 1. The number of H-pyrrole nitrogens is 2. The molecule has 1 atom stereocenters. The van der Waals surface area contributed by atoms with Crippen LogP contribution in [0.3, 0.4) is 0 Å². The Hall–Kier alpha value is -4.22. The highest BCUT2D eigenvalue weighted by molar-refractivity contribution is 6.03. The second-order valence-corrected chi connectivity index (χ2v) is 11.0. The molecule has 1 saturated carbocycles. The van der Waals surface area contributed by atoms with Gasteiger partial charge in [0.2, 0.25) is 17.8 Å². The molecule has 0 unspecified atom stereocenters. The van der Waals surface area contributed by atoms with Crippen molar-refractivity contribution in [3.05, 3.63) is 70.8 Å². The van der Waals surface area contributed by atoms with Crippen LogP contribution in [0, 0.1) is 11.8 Å². The van der Waals surface area contributed by atoms with Gasteiger partial charge in [-0.25, -0.2) is 9.97 Å². The van der Waals surface area contributed by atoms with Crippen molar-refractivity contribution in [3.8, 4) is 11.1 Å². The molecule has 2 amide bonds. The molecule has 2 heterocycles. The summed E-state index contributed by atoms with van der Waals surface area (Å²) in [5.74, 6) is -0.00122. The maximum atomic E-state index is 14.1. The van der Waals surface area contributed by atoms with Crippen molar-refractivity contribution < 1.29 is 9.59 Å². The second kappa shape index (κ2) is 13.2. The molecule has 6 N–H and O–H groups in total. The van der Waals surface area contributed by atoms with Gasteiger partial charge in [-0.1, -0.05) is 24.3 Å². The highest BCUT2D eigenvalue weighted by Crippen LogP contribution is 2.33. The molecule has 11 nitrogen and oxygen atoms in total. The van der Waals surface area contributed by atoms with Gasteiger partial charge in [-0.3, -0.25) is 29.5 Å². The Morgan fingerprint density at radius 1 is 1.00 bits per heavy atom. The highest BCUT2D eigenvalue weighted by atomic mass is 35.5. The zero-order valence-electron chi connectivity index (χ0n) is 23.7. The monoisotopic (exact) mass is 592 g/mol. The third kappa shape index (κ3) is 6.47. The lowest BCUT2D eigenvalue weighted by Gasteiger charge is -2.35. The summed E-state index contributed by atoms with van der Waals surface area (Å²) in [5.41, 5.74) is 15.2. The predicted molar refractivity (Wildman–Crippen MR) is 167 cm³/mol. The molecule has 2 aromatic carbocycles. The van der Waals surface area contributed by atoms with Gasteiger partial charge in [0.05, 0.1) is 10.9 Å². The second-order valence-electron chi connectivity index (χ2n) is 11.0. The van der Waals surface area contributed by atoms with Gasteiger partial charge in [0.15, 0.2) is 0 Å². The fourth-order valence-corrected chi connectivity index (χ4v) is 5.60. The van der Waals surface area contributed by atoms with Crippen LogP contribution in [-0.4, -0.2) is 58.7 Å². The molecule has 0 aliphatic heterocycles. The van der Waals surface area contributed by atoms with E-state index in [1.54, 1.807) is 30.6 Å². The molecule has 1 fully saturated rings. The van der Waals surface area contributed by atoms with E-state index >= 15 is 0 Å². The average Bonchev–Trinajstić information content (AvgIpc) is 3.36. The molecule has 12 heteroatoms. The van der Waals surface area contributed by atoms with Crippen LogP contribution in [0.5, 0.6) is 0 Å². The van der Waals surface area contributed by atoms with E-state index < -0.39 is 11.9 Å². The van der Waals surface area contributed by atoms with Crippen molar-refractivity contribution in [1.29, 1.82) is 0 Å². The number of fused-ring (bicyclic) bond motifs is 1. The number of aromatic nitrogens is 4. The molecule has 5 rings (SSSR count). The minimum atomic E-state index is -0.944. The lowest BCUT2D eigenvalue weighted by atomic mass is 9.81. The van der Waals surface area contributed by atoms with E-state index in [2.05, 4.69) is 20.2 Å². The minimum Gasteiger partial charge on any atom is -0.368 e. The molecule has 222 valence electrons. The highest BCUT2D eigenvalue weighted by Gasteiger charge is 2.36. The summed E-state index contributed by atoms with van der Waals surface area (Å²) in [6.07, 6.45) is 6.85. The quantitative estimate of drug-likeness (QED) is 0.232. The van der Waals surface area contributed by atoms with Crippen LogP contribution < -0.4 is 26.8 Å². The Morgan fingerprint density at radius 2 is 1.71 bits per heavy atom. The fraction of sp³-hybridized carbons (Fsp3) is 0.367. The molecule has 1 aliphatic carbocycles. The fourth-order valence-electron chi connectivity index (χ4n) is 5.60. The van der Waals surface area contributed by atoms with Gasteiger partial charge in [-0.05, 0) is 67.5 Å². The first-order valence-electron chi connectivity index (χ1n) is 13.9. The van der Waals surface area contributed by atoms with Crippen molar-refractivity contribution in [2.75, 3.05) is 30.4 Å². The third-order valence-electron chi connectivity index (χ3n) is 7.97. The number of amides is 2. The molecule has 42 heavy (non-hydrogen) atoms. The first-order chi connectivity index (χ1) is 19.7. The summed E-state index contributed by atoms with van der Waals surface area (Å²) in [5, 5.41) is 5.89. The van der Waals surface area contributed by atoms with Gasteiger partial charge in [0, 0.05) is 50.1 Å². The number of carbonyl (C=O) groups is 2. The van der Waals surface area contributed by atoms with Gasteiger partial charge in [0.25, 0.3) is 5.56 Å². The van der Waals surface area contributed by atoms with Gasteiger partial charge >= 0.3 is 0 Å². The first-order valence-corrected chi connectivity index (χ1v) is 13.9. The van der Waals surface area contributed by atoms with Crippen molar-refractivity contribution in [2.45, 2.75) is 38.1 Å². The van der Waals surface area contributed by atoms with Crippen LogP contribution in [0.2, 0.25) is 0 Å². The van der Waals surface area contributed by atoms with E-state index in [1.807, 2.05) is 43.3 Å². The molecule has 1 aliphatic rings. The van der Waals surface area contributed by atoms with E-state index in [0.29, 0.717) is 47.8 Å². The molecule has 0 spiro atoms. The van der Waals surface area contributed by atoms with Crippen LogP contribution in [-0.2, 0) is 16.0 Å². The van der Waals surface area contributed by atoms with Gasteiger partial charge in [-0.15, -0.1) is 12.4 Å². The summed E-state index contributed by atoms with van der Waals surface area (Å²) in [6, 6.07) is 11.9. The number of anilines is 2. The number of aromatic amines is 2. The molecular formula is C30H37ClN8O3. The number of nitrogens with one attached hydrogen (secondary N) is 2. The van der Waals surface area contributed by atoms with Crippen molar-refractivity contribution >= 4 is 46.8 Å². The summed E-state index contributed by atoms with van der Waals surface area (Å²) in [7, 11) is 3.75. The van der Waals surface area contributed by atoms with Crippen LogP contribution >= 0.6 is 12.4 Å². The lowest BCUT2D eigenvalue weighted by Crippen LogP contribution is -2.52. The molecule has 0 radical (unpaired) electrons. The smallest absolute Gasteiger partial charge is 0.271 e. The van der Waals surface area contributed by atoms with Gasteiger partial charge < -0.3 is 16.4 Å². The van der Waals surface area contributed by atoms with E-state index in [-0.39, 0.29) is 36.2 Å². The van der Waals surface area contributed by atoms with Crippen molar-refractivity contribution in [2.24, 2.45) is 23.3 Å². The molecule has 0 saturated heterocycles. The van der Waals surface area contributed by atoms with Crippen LogP contribution in [0.4, 0.5) is 11.6 Å². The minimum absolute atomic E-state index is 0. The lowest BCUT2D eigenvalue weighted by molar-refractivity contribution is -0.127. The van der Waals surface area contributed by atoms with Crippen LogP contribution in [0.1, 0.15) is 31.2 Å². The number of carbonyl (C=O) groups excluding carboxylic acids is 2. The maximum absolute atomic E-state index is 14.1. The summed E-state index contributed by atoms with van der Waals surface area (Å²) in [6.45, 7) is 0.602. The molecule has 0 bridgehead atoms. The number of rotatable bonds is 9. The summed E-state index contributed by atoms with van der Waals surface area (Å²) >= 11 is 0. The van der Waals surface area contributed by atoms with Crippen molar-refractivity contribution in [3.63, 3.8) is 0 Å². The Morgan fingerprint density at radius 3 is 2.36 bits per heavy atom.